The van der Waals surface area contributed by atoms with E-state index in [0.717, 1.165) is 20.5 Å². The third kappa shape index (κ3) is 4.25. The van der Waals surface area contributed by atoms with Crippen LogP contribution in [0.4, 0.5) is 5.00 Å². The van der Waals surface area contributed by atoms with Gasteiger partial charge in [-0.1, -0.05) is 51.3 Å². The van der Waals surface area contributed by atoms with Crippen LogP contribution < -0.4 is 5.32 Å². The minimum absolute atomic E-state index is 0.228. The van der Waals surface area contributed by atoms with Crippen LogP contribution in [-0.2, 0) is 4.74 Å². The molecule has 2 aromatic carbocycles. The number of hydrogen-bond donors (Lipinski definition) is 1. The molecule has 0 aliphatic heterocycles. The van der Waals surface area contributed by atoms with Gasteiger partial charge in [-0.25, -0.2) is 4.79 Å². The summed E-state index contributed by atoms with van der Waals surface area (Å²) < 4.78 is 5.89. The van der Waals surface area contributed by atoms with Crippen LogP contribution in [0.1, 0.15) is 25.6 Å². The molecule has 1 heterocycles. The lowest BCUT2D eigenvalue weighted by atomic mass is 10.0. The summed E-state index contributed by atoms with van der Waals surface area (Å²) in [7, 11) is 1.31. The van der Waals surface area contributed by atoms with Gasteiger partial charge in [0, 0.05) is 19.9 Å². The molecule has 0 saturated carbocycles. The van der Waals surface area contributed by atoms with Gasteiger partial charge in [-0.2, -0.15) is 0 Å². The Balaban J connectivity index is 2.06. The predicted molar refractivity (Wildman–Crippen MR) is 118 cm³/mol. The number of esters is 1. The number of amides is 1. The summed E-state index contributed by atoms with van der Waals surface area (Å²) in [5.74, 6) is -0.963. The molecule has 8 heteroatoms. The van der Waals surface area contributed by atoms with Crippen LogP contribution in [0, 0.1) is 6.92 Å². The van der Waals surface area contributed by atoms with Crippen LogP contribution in [0.25, 0.3) is 11.1 Å². The van der Waals surface area contributed by atoms with Crippen LogP contribution in [-0.4, -0.2) is 19.0 Å². The second-order valence-electron chi connectivity index (χ2n) is 5.81. The van der Waals surface area contributed by atoms with Crippen molar-refractivity contribution in [1.29, 1.82) is 0 Å². The topological polar surface area (TPSA) is 55.4 Å². The number of hydrogen-bond acceptors (Lipinski definition) is 4. The maximum absolute atomic E-state index is 12.7. The van der Waals surface area contributed by atoms with Gasteiger partial charge in [0.15, 0.2) is 0 Å². The zero-order valence-corrected chi connectivity index (χ0v) is 18.7. The Bertz CT molecular complexity index is 1060. The summed E-state index contributed by atoms with van der Waals surface area (Å²) in [5.41, 5.74) is 2.15. The van der Waals surface area contributed by atoms with Crippen LogP contribution in [0.5, 0.6) is 0 Å². The fraction of sp³-hybridized carbons (Fsp3) is 0.100. The molecule has 0 atom stereocenters. The normalized spacial score (nSPS) is 10.6. The van der Waals surface area contributed by atoms with Gasteiger partial charge in [-0.05, 0) is 42.8 Å². The number of carbonyl (C=O) groups is 2. The minimum Gasteiger partial charge on any atom is -0.465 e. The Labute approximate surface area is 184 Å². The first kappa shape index (κ1) is 20.9. The molecule has 0 aliphatic rings. The maximum atomic E-state index is 12.7. The fourth-order valence-electron chi connectivity index (χ4n) is 2.74. The number of halogens is 3. The number of benzene rings is 2. The van der Waals surface area contributed by atoms with Crippen molar-refractivity contribution in [3.63, 3.8) is 0 Å². The fourth-order valence-corrected chi connectivity index (χ4v) is 4.56. The van der Waals surface area contributed by atoms with E-state index in [1.54, 1.807) is 6.07 Å². The van der Waals surface area contributed by atoms with Gasteiger partial charge in [-0.3, -0.25) is 4.79 Å². The SMILES string of the molecule is COC(=O)c1c(NC(=O)c2ccc(Cl)cc2Cl)sc(C)c1-c1ccc(Br)cc1. The van der Waals surface area contributed by atoms with Crippen LogP contribution in [0.2, 0.25) is 10.0 Å². The average molecular weight is 499 g/mol. The number of methoxy groups -OCH3 is 1. The summed E-state index contributed by atoms with van der Waals surface area (Å²) >= 11 is 16.7. The second-order valence-corrected chi connectivity index (χ2v) is 8.80. The third-order valence-corrected chi connectivity index (χ3v) is 6.11. The van der Waals surface area contributed by atoms with Crippen molar-refractivity contribution in [2.24, 2.45) is 0 Å². The van der Waals surface area contributed by atoms with Gasteiger partial charge in [-0.15, -0.1) is 11.3 Å². The number of thiophene rings is 1. The summed E-state index contributed by atoms with van der Waals surface area (Å²) in [5, 5.41) is 3.85. The predicted octanol–water partition coefficient (Wildman–Crippen LogP) is 6.83. The highest BCUT2D eigenvalue weighted by Gasteiger charge is 2.25. The molecule has 0 aliphatic carbocycles. The summed E-state index contributed by atoms with van der Waals surface area (Å²) in [6.07, 6.45) is 0. The monoisotopic (exact) mass is 497 g/mol. The van der Waals surface area contributed by atoms with E-state index >= 15 is 0 Å². The van der Waals surface area contributed by atoms with Crippen molar-refractivity contribution >= 4 is 67.3 Å². The quantitative estimate of drug-likeness (QED) is 0.401. The molecule has 1 aromatic heterocycles. The highest BCUT2D eigenvalue weighted by atomic mass is 79.9. The lowest BCUT2D eigenvalue weighted by Crippen LogP contribution is -2.14. The zero-order valence-electron chi connectivity index (χ0n) is 14.8. The first-order chi connectivity index (χ1) is 13.3. The molecule has 4 nitrogen and oxygen atoms in total. The molecular formula is C20H14BrCl2NO3S. The Morgan fingerprint density at radius 2 is 1.79 bits per heavy atom. The second kappa shape index (κ2) is 8.66. The molecule has 0 spiro atoms. The largest absolute Gasteiger partial charge is 0.465 e. The highest BCUT2D eigenvalue weighted by Crippen LogP contribution is 2.41. The summed E-state index contributed by atoms with van der Waals surface area (Å²) in [6.45, 7) is 1.89. The maximum Gasteiger partial charge on any atom is 0.341 e. The molecule has 0 unspecified atom stereocenters. The lowest BCUT2D eigenvalue weighted by Gasteiger charge is -2.09. The summed E-state index contributed by atoms with van der Waals surface area (Å²) in [6, 6.07) is 12.2. The first-order valence-electron chi connectivity index (χ1n) is 8.06. The number of aryl methyl sites for hydroxylation is 1. The summed E-state index contributed by atoms with van der Waals surface area (Å²) in [4.78, 5) is 26.1. The number of ether oxygens (including phenoxy) is 1. The van der Waals surface area contributed by atoms with E-state index < -0.39 is 11.9 Å². The van der Waals surface area contributed by atoms with Gasteiger partial charge in [0.05, 0.1) is 17.7 Å². The molecule has 0 fully saturated rings. The molecule has 144 valence electrons. The molecule has 0 bridgehead atoms. The average Bonchev–Trinajstić information content (AvgIpc) is 2.97. The number of carbonyl (C=O) groups excluding carboxylic acids is 2. The van der Waals surface area contributed by atoms with E-state index in [0.29, 0.717) is 15.6 Å². The first-order valence-corrected chi connectivity index (χ1v) is 10.4. The Hall–Kier alpha value is -1.86. The molecule has 1 N–H and O–H groups in total. The van der Waals surface area contributed by atoms with E-state index in [2.05, 4.69) is 21.2 Å². The van der Waals surface area contributed by atoms with Crippen LogP contribution in [0.15, 0.2) is 46.9 Å². The number of anilines is 1. The Morgan fingerprint density at radius 1 is 1.11 bits per heavy atom. The van der Waals surface area contributed by atoms with Gasteiger partial charge >= 0.3 is 5.97 Å². The molecule has 0 radical (unpaired) electrons. The molecular weight excluding hydrogens is 485 g/mol. The van der Waals surface area contributed by atoms with Crippen molar-refractivity contribution in [3.8, 4) is 11.1 Å². The molecule has 0 saturated heterocycles. The Kier molecular flexibility index (Phi) is 6.45. The van der Waals surface area contributed by atoms with E-state index in [9.17, 15) is 9.59 Å². The lowest BCUT2D eigenvalue weighted by molar-refractivity contribution is 0.0603. The van der Waals surface area contributed by atoms with E-state index in [-0.39, 0.29) is 10.6 Å². The smallest absolute Gasteiger partial charge is 0.341 e. The van der Waals surface area contributed by atoms with Crippen molar-refractivity contribution < 1.29 is 14.3 Å². The van der Waals surface area contributed by atoms with Crippen LogP contribution in [0.3, 0.4) is 0 Å². The van der Waals surface area contributed by atoms with Gasteiger partial charge < -0.3 is 10.1 Å². The molecule has 3 rings (SSSR count). The highest BCUT2D eigenvalue weighted by molar-refractivity contribution is 9.10. The molecule has 1 amide bonds. The number of nitrogens with one attached hydrogen (secondary N) is 1. The van der Waals surface area contributed by atoms with Crippen molar-refractivity contribution in [2.75, 3.05) is 12.4 Å². The number of rotatable bonds is 4. The van der Waals surface area contributed by atoms with Crippen molar-refractivity contribution in [3.05, 3.63) is 73.0 Å². The van der Waals surface area contributed by atoms with Crippen molar-refractivity contribution in [2.45, 2.75) is 6.92 Å². The van der Waals surface area contributed by atoms with Gasteiger partial charge in [0.25, 0.3) is 5.91 Å². The van der Waals surface area contributed by atoms with Crippen LogP contribution >= 0.6 is 50.5 Å². The molecule has 3 aromatic rings. The third-order valence-electron chi connectivity index (χ3n) is 4.01. The Morgan fingerprint density at radius 3 is 2.39 bits per heavy atom. The zero-order chi connectivity index (χ0) is 20.4. The van der Waals surface area contributed by atoms with Gasteiger partial charge in [0.2, 0.25) is 0 Å². The van der Waals surface area contributed by atoms with E-state index in [4.69, 9.17) is 27.9 Å². The standard InChI is InChI=1S/C20H14BrCl2NO3S/c1-10-16(11-3-5-12(21)6-4-11)17(20(26)27-2)19(28-10)24-18(25)14-8-7-13(22)9-15(14)23/h3-9H,1-2H3,(H,24,25). The minimum atomic E-state index is -0.528. The van der Waals surface area contributed by atoms with Crippen molar-refractivity contribution in [1.82, 2.24) is 0 Å². The molecule has 28 heavy (non-hydrogen) atoms. The van der Waals surface area contributed by atoms with E-state index in [1.807, 2.05) is 31.2 Å². The van der Waals surface area contributed by atoms with E-state index in [1.165, 1.54) is 30.6 Å². The van der Waals surface area contributed by atoms with Gasteiger partial charge in [0.1, 0.15) is 10.6 Å².